The summed E-state index contributed by atoms with van der Waals surface area (Å²) in [6.45, 7) is 6.73. The van der Waals surface area contributed by atoms with Crippen LogP contribution in [0.3, 0.4) is 0 Å². The highest BCUT2D eigenvalue weighted by atomic mass is 32.2. The van der Waals surface area contributed by atoms with E-state index < -0.39 is 31.3 Å². The molecule has 7 rings (SSSR count). The van der Waals surface area contributed by atoms with Crippen LogP contribution in [0.4, 0.5) is 32.0 Å². The normalized spacial score (nSPS) is 13.8. The Hall–Kier alpha value is -5.10. The lowest BCUT2D eigenvalue weighted by Crippen LogP contribution is -2.43. The van der Waals surface area contributed by atoms with Crippen molar-refractivity contribution >= 4 is 48.8 Å². The Labute approximate surface area is 326 Å². The van der Waals surface area contributed by atoms with Crippen LogP contribution >= 0.6 is 0 Å². The fourth-order valence-corrected chi connectivity index (χ4v) is 6.76. The van der Waals surface area contributed by atoms with E-state index in [2.05, 4.69) is 145 Å². The van der Waals surface area contributed by atoms with E-state index in [1.807, 2.05) is 0 Å². The highest BCUT2D eigenvalue weighted by molar-refractivity contribution is 7.86. The van der Waals surface area contributed by atoms with Crippen LogP contribution in [0.25, 0.3) is 45.4 Å². The fourth-order valence-electron chi connectivity index (χ4n) is 6.76. The molecule has 57 heavy (non-hydrogen) atoms. The lowest BCUT2D eigenvalue weighted by atomic mass is 9.79. The van der Waals surface area contributed by atoms with Gasteiger partial charge in [-0.3, -0.25) is 0 Å². The SMILES string of the molecule is Cc1c(C)c2c(c3c1CC[n+]1ccc(/C=C/C=C/c4ccc(N(C)C)cc4)cc1-3)-c1c3ccccc3cc[n+]1CC2.O=S(=O)([O-])C(F)(F)F.O=S(=O)([O-])C(F)(F)F. The second kappa shape index (κ2) is 16.4. The molecular formula is C40H37F6N3O6S2. The number of alkyl halides is 6. The second-order valence-electron chi connectivity index (χ2n) is 13.4. The van der Waals surface area contributed by atoms with Gasteiger partial charge in [-0.15, -0.1) is 0 Å². The molecule has 302 valence electrons. The summed E-state index contributed by atoms with van der Waals surface area (Å²) in [7, 11) is -8.04. The van der Waals surface area contributed by atoms with E-state index in [1.165, 1.54) is 72.4 Å². The van der Waals surface area contributed by atoms with Crippen LogP contribution in [0.15, 0.2) is 91.3 Å². The maximum Gasteiger partial charge on any atom is 0.485 e. The zero-order valence-corrected chi connectivity index (χ0v) is 32.7. The smallest absolute Gasteiger partial charge is 0.485 e. The zero-order chi connectivity index (χ0) is 42.1. The van der Waals surface area contributed by atoms with E-state index in [-0.39, 0.29) is 0 Å². The Kier molecular flexibility index (Phi) is 12.4. The van der Waals surface area contributed by atoms with Crippen molar-refractivity contribution in [3.63, 3.8) is 0 Å². The minimum absolute atomic E-state index is 1.02. The number of allylic oxidation sites excluding steroid dienone is 2. The summed E-state index contributed by atoms with van der Waals surface area (Å²) in [4.78, 5) is 2.12. The van der Waals surface area contributed by atoms with Gasteiger partial charge in [0.1, 0.15) is 0 Å². The third kappa shape index (κ3) is 9.55. The van der Waals surface area contributed by atoms with Gasteiger partial charge in [0.15, 0.2) is 45.7 Å². The van der Waals surface area contributed by atoms with Crippen molar-refractivity contribution in [1.82, 2.24) is 0 Å². The van der Waals surface area contributed by atoms with E-state index in [4.69, 9.17) is 25.9 Å². The van der Waals surface area contributed by atoms with Crippen LogP contribution in [-0.4, -0.2) is 51.1 Å². The molecule has 0 amide bonds. The summed E-state index contributed by atoms with van der Waals surface area (Å²) in [6, 6.07) is 24.4. The number of aromatic nitrogens is 2. The van der Waals surface area contributed by atoms with E-state index in [9.17, 15) is 26.3 Å². The first-order valence-corrected chi connectivity index (χ1v) is 20.1. The Morgan fingerprint density at radius 2 is 1.16 bits per heavy atom. The lowest BCUT2D eigenvalue weighted by molar-refractivity contribution is -0.689. The van der Waals surface area contributed by atoms with Crippen molar-refractivity contribution in [2.45, 2.75) is 50.8 Å². The summed E-state index contributed by atoms with van der Waals surface area (Å²) in [5.74, 6) is 0. The molecule has 0 bridgehead atoms. The number of anilines is 1. The summed E-state index contributed by atoms with van der Waals surface area (Å²) >= 11 is 0. The molecule has 0 saturated heterocycles. The van der Waals surface area contributed by atoms with E-state index in [1.54, 1.807) is 0 Å². The van der Waals surface area contributed by atoms with Gasteiger partial charge in [-0.05, 0) is 70.8 Å². The van der Waals surface area contributed by atoms with Crippen molar-refractivity contribution in [2.75, 3.05) is 19.0 Å². The topological polar surface area (TPSA) is 125 Å². The molecule has 0 N–H and O–H groups in total. The number of fused-ring (bicyclic) bond motifs is 9. The molecule has 9 nitrogen and oxygen atoms in total. The van der Waals surface area contributed by atoms with Gasteiger partial charge in [0.05, 0.1) is 16.5 Å². The van der Waals surface area contributed by atoms with E-state index >= 15 is 0 Å². The predicted octanol–water partition coefficient (Wildman–Crippen LogP) is 7.37. The van der Waals surface area contributed by atoms with Gasteiger partial charge in [-0.1, -0.05) is 54.6 Å². The minimum Gasteiger partial charge on any atom is -0.741 e. The molecule has 0 fully saturated rings. The summed E-state index contributed by atoms with van der Waals surface area (Å²) < 4.78 is 123. The maximum absolute atomic E-state index is 10.7. The molecule has 0 unspecified atom stereocenters. The van der Waals surface area contributed by atoms with Gasteiger partial charge < -0.3 is 14.0 Å². The summed E-state index contributed by atoms with van der Waals surface area (Å²) in [5, 5.41) is 2.65. The maximum atomic E-state index is 10.7. The number of benzene rings is 3. The molecule has 2 aromatic heterocycles. The van der Waals surface area contributed by atoms with Crippen LogP contribution < -0.4 is 14.0 Å². The lowest BCUT2D eigenvalue weighted by Gasteiger charge is -2.27. The number of halogens is 6. The monoisotopic (exact) mass is 833 g/mol. The molecule has 17 heteroatoms. The van der Waals surface area contributed by atoms with Crippen LogP contribution in [-0.2, 0) is 46.2 Å². The first kappa shape index (κ1) is 43.0. The molecule has 3 aromatic carbocycles. The van der Waals surface area contributed by atoms with Crippen molar-refractivity contribution in [3.05, 3.63) is 125 Å². The molecule has 0 radical (unpaired) electrons. The van der Waals surface area contributed by atoms with E-state index in [0.29, 0.717) is 0 Å². The zero-order valence-electron chi connectivity index (χ0n) is 31.0. The Morgan fingerprint density at radius 3 is 1.70 bits per heavy atom. The van der Waals surface area contributed by atoms with Gasteiger partial charge in [-0.25, -0.2) is 16.8 Å². The molecule has 0 atom stereocenters. The second-order valence-corrected chi connectivity index (χ2v) is 16.2. The first-order valence-electron chi connectivity index (χ1n) is 17.3. The van der Waals surface area contributed by atoms with Gasteiger partial charge in [0.25, 0.3) is 0 Å². The fraction of sp³-hybridized carbons (Fsp3) is 0.250. The number of aryl methyl sites for hydroxylation is 2. The highest BCUT2D eigenvalue weighted by Crippen LogP contribution is 2.44. The first-order chi connectivity index (χ1) is 26.5. The van der Waals surface area contributed by atoms with Crippen molar-refractivity contribution < 1.29 is 61.4 Å². The number of rotatable bonds is 4. The molecule has 5 aromatic rings. The highest BCUT2D eigenvalue weighted by Gasteiger charge is 2.38. The van der Waals surface area contributed by atoms with Gasteiger partial charge in [0.2, 0.25) is 11.4 Å². The van der Waals surface area contributed by atoms with Crippen LogP contribution in [0.5, 0.6) is 0 Å². The standard InChI is InChI=1S/C38H37N3.2CHF3O3S/c1-26-27(2)33-20-24-41-22-18-30-11-7-8-12-34(30)38(41)37(33)36-32(26)19-23-40-21-17-29(25-35(36)40)10-6-5-9-28-13-15-31(16-14-28)39(3)4;2*2-1(3,4)8(5,6)7/h5-18,21-22,25H,19-20,23-24H2,1-4H3;2*(H,5,6,7)/q+2;;/p-2. The van der Waals surface area contributed by atoms with Crippen LogP contribution in [0, 0.1) is 13.8 Å². The van der Waals surface area contributed by atoms with Crippen LogP contribution in [0.1, 0.15) is 33.4 Å². The molecule has 0 saturated carbocycles. The third-order valence-electron chi connectivity index (χ3n) is 9.68. The average Bonchev–Trinajstić information content (AvgIpc) is 3.13. The molecule has 2 aliphatic rings. The Morgan fingerprint density at radius 1 is 0.667 bits per heavy atom. The summed E-state index contributed by atoms with van der Waals surface area (Å²) in [5.41, 5.74) is 3.94. The van der Waals surface area contributed by atoms with Crippen molar-refractivity contribution in [1.29, 1.82) is 0 Å². The Balaban J connectivity index is 0.000000328. The Bertz CT molecular complexity index is 2560. The number of pyridine rings is 2. The number of nitrogens with zero attached hydrogens (tertiary/aromatic N) is 3. The molecule has 4 heterocycles. The average molecular weight is 834 g/mol. The predicted molar refractivity (Wildman–Crippen MR) is 202 cm³/mol. The third-order valence-corrected chi connectivity index (χ3v) is 10.8. The molecule has 0 aliphatic carbocycles. The largest absolute Gasteiger partial charge is 0.741 e. The number of hydrogen-bond acceptors (Lipinski definition) is 7. The van der Waals surface area contributed by atoms with Gasteiger partial charge >= 0.3 is 11.0 Å². The van der Waals surface area contributed by atoms with Gasteiger partial charge in [0, 0.05) is 50.8 Å². The summed E-state index contributed by atoms with van der Waals surface area (Å²) in [6.07, 6.45) is 15.4. The molecular weight excluding hydrogens is 797 g/mol. The minimum atomic E-state index is -6.09. The quantitative estimate of drug-likeness (QED) is 0.0609. The van der Waals surface area contributed by atoms with Crippen molar-refractivity contribution in [2.24, 2.45) is 0 Å². The van der Waals surface area contributed by atoms with E-state index in [0.717, 1.165) is 25.9 Å². The molecule has 2 aliphatic heterocycles. The van der Waals surface area contributed by atoms with Gasteiger partial charge in [-0.2, -0.15) is 35.5 Å². The van der Waals surface area contributed by atoms with Crippen LogP contribution in [0.2, 0.25) is 0 Å². The van der Waals surface area contributed by atoms with Crippen molar-refractivity contribution in [3.8, 4) is 22.5 Å². The molecule has 0 spiro atoms. The number of hydrogen-bond donors (Lipinski definition) is 0.